The molecule has 0 aromatic heterocycles. The second kappa shape index (κ2) is 23.1. The number of unbranched alkanes of at least 4 members (excludes halogenated alkanes) is 13. The highest BCUT2D eigenvalue weighted by Gasteiger charge is 2.28. The van der Waals surface area contributed by atoms with E-state index in [1.807, 2.05) is 11.8 Å². The van der Waals surface area contributed by atoms with E-state index >= 15 is 0 Å². The number of ether oxygens (including phenoxy) is 1. The molecule has 1 aliphatic heterocycles. The van der Waals surface area contributed by atoms with Crippen molar-refractivity contribution in [1.29, 1.82) is 0 Å². The number of phosphoric ester groups is 1. The van der Waals surface area contributed by atoms with E-state index in [1.165, 1.54) is 109 Å². The molecule has 0 aromatic carbocycles. The van der Waals surface area contributed by atoms with Gasteiger partial charge in [-0.05, 0) is 31.4 Å². The van der Waals surface area contributed by atoms with Crippen molar-refractivity contribution in [2.45, 2.75) is 116 Å². The van der Waals surface area contributed by atoms with Crippen LogP contribution in [-0.4, -0.2) is 74.5 Å². The molecule has 0 saturated carbocycles. The van der Waals surface area contributed by atoms with Crippen molar-refractivity contribution in [3.05, 3.63) is 0 Å². The van der Waals surface area contributed by atoms with Gasteiger partial charge in [0, 0.05) is 18.8 Å². The summed E-state index contributed by atoms with van der Waals surface area (Å²) in [7, 11) is -0.145. The fraction of sp³-hybridized carbons (Fsp3) is 1.00. The van der Waals surface area contributed by atoms with Crippen LogP contribution in [0.5, 0.6) is 0 Å². The minimum atomic E-state index is -4.02. The summed E-state index contributed by atoms with van der Waals surface area (Å²) in [5, 5.41) is 0. The van der Waals surface area contributed by atoms with Gasteiger partial charge in [-0.15, -0.1) is 0 Å². The lowest BCUT2D eigenvalue weighted by atomic mass is 10.0. The van der Waals surface area contributed by atoms with Crippen LogP contribution in [0.15, 0.2) is 0 Å². The Bertz CT molecular complexity index is 562. The minimum absolute atomic E-state index is 0.0948. The van der Waals surface area contributed by atoms with Gasteiger partial charge in [0.15, 0.2) is 0 Å². The highest BCUT2D eigenvalue weighted by Crippen LogP contribution is 2.43. The van der Waals surface area contributed by atoms with Gasteiger partial charge in [0.05, 0.1) is 33.4 Å². The van der Waals surface area contributed by atoms with Crippen LogP contribution < -0.4 is 0 Å². The Balaban J connectivity index is 1.99. The van der Waals surface area contributed by atoms with Gasteiger partial charge < -0.3 is 14.1 Å². The van der Waals surface area contributed by atoms with E-state index in [0.29, 0.717) is 6.61 Å². The summed E-state index contributed by atoms with van der Waals surface area (Å²) < 4.78 is 29.2. The molecule has 1 rings (SSSR count). The van der Waals surface area contributed by atoms with Gasteiger partial charge in [0.1, 0.15) is 13.2 Å². The van der Waals surface area contributed by atoms with Gasteiger partial charge in [-0.25, -0.2) is 4.57 Å². The Morgan fingerprint density at radius 2 is 1.35 bits per heavy atom. The van der Waals surface area contributed by atoms with Crippen LogP contribution in [0, 0.1) is 5.92 Å². The zero-order chi connectivity index (χ0) is 27.1. The molecule has 1 N–H and O–H groups in total. The van der Waals surface area contributed by atoms with Gasteiger partial charge >= 0.3 is 7.82 Å². The summed E-state index contributed by atoms with van der Waals surface area (Å²) >= 11 is 1.90. The monoisotopic (exact) mass is 566 g/mol. The average Bonchev–Trinajstić information content (AvgIpc) is 2.87. The number of quaternary nitrogens is 1. The van der Waals surface area contributed by atoms with E-state index in [0.717, 1.165) is 35.6 Å². The summed E-state index contributed by atoms with van der Waals surface area (Å²) in [6.45, 7) is 6.25. The number of nitrogens with zero attached hydrogens (tertiary/aromatic N) is 1. The van der Waals surface area contributed by atoms with Crippen molar-refractivity contribution >= 4 is 19.6 Å². The standard InChI is InChI=1S/C29H60NO5PS/c1-4-5-6-7-8-9-10-11-12-13-14-15-16-20-25-37-28-29(26-33-3)27-35-36(31,32)34-24-23-30(2)21-18-17-19-22-30/h29H,4-28H2,1-3H3/p+1. The van der Waals surface area contributed by atoms with E-state index in [4.69, 9.17) is 13.8 Å². The van der Waals surface area contributed by atoms with E-state index in [9.17, 15) is 9.46 Å². The molecule has 6 nitrogen and oxygen atoms in total. The first-order valence-electron chi connectivity index (χ1n) is 15.4. The molecule has 0 aliphatic carbocycles. The Morgan fingerprint density at radius 3 is 1.89 bits per heavy atom. The maximum absolute atomic E-state index is 12.3. The number of phosphoric acid groups is 1. The predicted octanol–water partition coefficient (Wildman–Crippen LogP) is 8.23. The number of hydrogen-bond donors (Lipinski definition) is 1. The number of thioether (sulfide) groups is 1. The molecule has 1 saturated heterocycles. The molecule has 0 spiro atoms. The van der Waals surface area contributed by atoms with Crippen LogP contribution in [0.3, 0.4) is 0 Å². The first-order chi connectivity index (χ1) is 17.9. The van der Waals surface area contributed by atoms with E-state index in [1.54, 1.807) is 7.11 Å². The Labute approximate surface area is 234 Å². The van der Waals surface area contributed by atoms with Crippen LogP contribution in [0.1, 0.15) is 116 Å². The van der Waals surface area contributed by atoms with Crippen molar-refractivity contribution in [3.63, 3.8) is 0 Å². The lowest BCUT2D eigenvalue weighted by Gasteiger charge is -2.37. The third-order valence-corrected chi connectivity index (χ3v) is 9.92. The average molecular weight is 567 g/mol. The van der Waals surface area contributed by atoms with Gasteiger partial charge in [-0.1, -0.05) is 90.4 Å². The zero-order valence-corrected chi connectivity index (χ0v) is 26.3. The van der Waals surface area contributed by atoms with E-state index in [2.05, 4.69) is 14.0 Å². The van der Waals surface area contributed by atoms with Gasteiger partial charge in [-0.2, -0.15) is 11.8 Å². The molecule has 1 heterocycles. The maximum Gasteiger partial charge on any atom is 0.472 e. The lowest BCUT2D eigenvalue weighted by molar-refractivity contribution is -0.914. The number of methoxy groups -OCH3 is 1. The molecule has 2 atom stereocenters. The van der Waals surface area contributed by atoms with Crippen LogP contribution in [0.2, 0.25) is 0 Å². The summed E-state index contributed by atoms with van der Waals surface area (Å²) in [5.41, 5.74) is 0. The second-order valence-electron chi connectivity index (χ2n) is 11.4. The molecule has 0 aromatic rings. The fourth-order valence-electron chi connectivity index (χ4n) is 5.14. The predicted molar refractivity (Wildman–Crippen MR) is 159 cm³/mol. The second-order valence-corrected chi connectivity index (χ2v) is 14.0. The largest absolute Gasteiger partial charge is 0.472 e. The van der Waals surface area contributed by atoms with Crippen LogP contribution >= 0.6 is 19.6 Å². The molecule has 222 valence electrons. The molecule has 1 aliphatic rings. The molecule has 8 heteroatoms. The van der Waals surface area contributed by atoms with Crippen LogP contribution in [-0.2, 0) is 18.3 Å². The smallest absolute Gasteiger partial charge is 0.384 e. The summed E-state index contributed by atoms with van der Waals surface area (Å²) in [6.07, 6.45) is 23.1. The zero-order valence-electron chi connectivity index (χ0n) is 24.6. The van der Waals surface area contributed by atoms with Gasteiger partial charge in [0.25, 0.3) is 0 Å². The molecular weight excluding hydrogens is 505 g/mol. The van der Waals surface area contributed by atoms with E-state index in [-0.39, 0.29) is 19.1 Å². The number of likely N-dealkylation sites (N-methyl/N-ethyl adjacent to an activating group) is 1. The Hall–Kier alpha value is 0.380. The summed E-state index contributed by atoms with van der Waals surface area (Å²) in [4.78, 5) is 10.1. The van der Waals surface area contributed by atoms with Gasteiger partial charge in [0.2, 0.25) is 0 Å². The van der Waals surface area contributed by atoms with Gasteiger partial charge in [-0.3, -0.25) is 9.05 Å². The maximum atomic E-state index is 12.3. The quantitative estimate of drug-likeness (QED) is 0.0646. The molecule has 2 unspecified atom stereocenters. The van der Waals surface area contributed by atoms with Crippen LogP contribution in [0.4, 0.5) is 0 Å². The number of likely N-dealkylation sites (tertiary alicyclic amines) is 1. The first-order valence-corrected chi connectivity index (χ1v) is 18.1. The molecule has 0 bridgehead atoms. The van der Waals surface area contributed by atoms with Crippen molar-refractivity contribution in [1.82, 2.24) is 0 Å². The van der Waals surface area contributed by atoms with Crippen molar-refractivity contribution in [3.8, 4) is 0 Å². The fourth-order valence-corrected chi connectivity index (χ4v) is 7.03. The Kier molecular flexibility index (Phi) is 22.1. The van der Waals surface area contributed by atoms with Crippen molar-refractivity contribution < 1.29 is 27.7 Å². The molecule has 0 amide bonds. The third-order valence-electron chi connectivity index (χ3n) is 7.65. The lowest BCUT2D eigenvalue weighted by Crippen LogP contribution is -2.49. The van der Waals surface area contributed by atoms with Crippen molar-refractivity contribution in [2.75, 3.05) is 65.1 Å². The molecule has 0 radical (unpaired) electrons. The highest BCUT2D eigenvalue weighted by molar-refractivity contribution is 7.99. The van der Waals surface area contributed by atoms with Crippen LogP contribution in [0.25, 0.3) is 0 Å². The normalized spacial score (nSPS) is 18.1. The summed E-state index contributed by atoms with van der Waals surface area (Å²) in [5.74, 6) is 2.10. The summed E-state index contributed by atoms with van der Waals surface area (Å²) in [6, 6.07) is 0. The number of hydrogen-bond acceptors (Lipinski definition) is 5. The third kappa shape index (κ3) is 20.9. The first kappa shape index (κ1) is 35.4. The van der Waals surface area contributed by atoms with Crippen molar-refractivity contribution in [2.24, 2.45) is 5.92 Å². The molecular formula is C29H61NO5PS+. The highest BCUT2D eigenvalue weighted by atomic mass is 32.2. The number of piperidine rings is 1. The molecule has 37 heavy (non-hydrogen) atoms. The molecule has 1 fully saturated rings. The number of rotatable bonds is 26. The topological polar surface area (TPSA) is 65.0 Å². The SMILES string of the molecule is CCCCCCCCCCCCCCCCSCC(COC)COP(=O)(O)OCC[N+]1(C)CCCCC1. The van der Waals surface area contributed by atoms with E-state index < -0.39 is 7.82 Å². The Morgan fingerprint density at radius 1 is 0.811 bits per heavy atom. The minimum Gasteiger partial charge on any atom is -0.384 e.